The number of aromatic nitrogens is 1. The van der Waals surface area contributed by atoms with E-state index in [0.717, 1.165) is 24.3 Å². The maximum absolute atomic E-state index is 13.9. The number of thiazole rings is 1. The summed E-state index contributed by atoms with van der Waals surface area (Å²) < 4.78 is 18.4. The van der Waals surface area contributed by atoms with Gasteiger partial charge in [-0.25, -0.2) is 9.79 Å². The second-order valence-electron chi connectivity index (χ2n) is 8.85. The number of anilines is 1. The van der Waals surface area contributed by atoms with Gasteiger partial charge >= 0.3 is 5.97 Å². The van der Waals surface area contributed by atoms with Crippen LogP contribution in [0.4, 0.5) is 5.69 Å². The summed E-state index contributed by atoms with van der Waals surface area (Å²) in [4.78, 5) is 34.5. The highest BCUT2D eigenvalue weighted by Gasteiger charge is 2.34. The van der Waals surface area contributed by atoms with E-state index in [9.17, 15) is 9.59 Å². The molecule has 8 nitrogen and oxygen atoms in total. The molecule has 0 amide bonds. The van der Waals surface area contributed by atoms with Crippen LogP contribution in [-0.2, 0) is 9.53 Å². The number of carbonyl (C=O) groups excluding carboxylic acids is 1. The van der Waals surface area contributed by atoms with Crippen LogP contribution in [-0.4, -0.2) is 44.5 Å². The lowest BCUT2D eigenvalue weighted by atomic mass is 9.95. The number of ether oxygens (including phenoxy) is 3. The number of hydrogen-bond donors (Lipinski definition) is 0. The molecule has 0 fully saturated rings. The molecule has 1 atom stereocenters. The number of carbonyl (C=O) groups is 1. The first-order valence-electron chi connectivity index (χ1n) is 12.7. The van der Waals surface area contributed by atoms with E-state index < -0.39 is 12.0 Å². The van der Waals surface area contributed by atoms with Crippen molar-refractivity contribution >= 4 is 29.1 Å². The number of rotatable bonds is 10. The summed E-state index contributed by atoms with van der Waals surface area (Å²) in [6.45, 7) is 11.5. The zero-order valence-corrected chi connectivity index (χ0v) is 23.7. The Kier molecular flexibility index (Phi) is 8.71. The summed E-state index contributed by atoms with van der Waals surface area (Å²) in [7, 11) is 3.09. The molecule has 0 radical (unpaired) electrons. The van der Waals surface area contributed by atoms with Crippen molar-refractivity contribution in [3.63, 3.8) is 0 Å². The molecule has 0 saturated carbocycles. The van der Waals surface area contributed by atoms with Gasteiger partial charge in [-0.3, -0.25) is 9.36 Å². The van der Waals surface area contributed by atoms with Gasteiger partial charge in [0, 0.05) is 18.8 Å². The molecule has 2 aromatic carbocycles. The zero-order chi connectivity index (χ0) is 28.1. The van der Waals surface area contributed by atoms with Gasteiger partial charge in [-0.2, -0.15) is 0 Å². The summed E-state index contributed by atoms with van der Waals surface area (Å²) in [6.07, 6.45) is 3.36. The van der Waals surface area contributed by atoms with Crippen molar-refractivity contribution in [2.45, 2.75) is 26.8 Å². The van der Waals surface area contributed by atoms with Gasteiger partial charge in [-0.15, -0.1) is 0 Å². The van der Waals surface area contributed by atoms with Crippen LogP contribution in [0.5, 0.6) is 11.5 Å². The highest BCUT2D eigenvalue weighted by Crippen LogP contribution is 2.36. The lowest BCUT2D eigenvalue weighted by Gasteiger charge is -2.25. The molecule has 204 valence electrons. The predicted molar refractivity (Wildman–Crippen MR) is 154 cm³/mol. The van der Waals surface area contributed by atoms with Gasteiger partial charge in [0.05, 0.1) is 36.1 Å². The van der Waals surface area contributed by atoms with Crippen LogP contribution < -0.4 is 29.3 Å². The van der Waals surface area contributed by atoms with Crippen molar-refractivity contribution in [2.24, 2.45) is 4.99 Å². The van der Waals surface area contributed by atoms with Crippen LogP contribution in [0, 0.1) is 0 Å². The van der Waals surface area contributed by atoms with Crippen LogP contribution in [0.1, 0.15) is 37.9 Å². The molecule has 1 aliphatic heterocycles. The van der Waals surface area contributed by atoms with Gasteiger partial charge in [0.2, 0.25) is 0 Å². The third-order valence-electron chi connectivity index (χ3n) is 6.62. The second kappa shape index (κ2) is 12.2. The maximum Gasteiger partial charge on any atom is 0.338 e. The first-order chi connectivity index (χ1) is 18.9. The fourth-order valence-electron chi connectivity index (χ4n) is 4.65. The van der Waals surface area contributed by atoms with Gasteiger partial charge in [-0.1, -0.05) is 42.2 Å². The van der Waals surface area contributed by atoms with E-state index in [1.54, 1.807) is 37.8 Å². The minimum Gasteiger partial charge on any atom is -0.493 e. The maximum atomic E-state index is 13.9. The average molecular weight is 548 g/mol. The van der Waals surface area contributed by atoms with Crippen LogP contribution in [0.25, 0.3) is 6.08 Å². The molecule has 2 heterocycles. The van der Waals surface area contributed by atoms with Gasteiger partial charge < -0.3 is 19.1 Å². The summed E-state index contributed by atoms with van der Waals surface area (Å²) in [5.41, 5.74) is 3.23. The number of esters is 1. The predicted octanol–water partition coefficient (Wildman–Crippen LogP) is 3.83. The van der Waals surface area contributed by atoms with Gasteiger partial charge in [0.1, 0.15) is 6.61 Å². The minimum atomic E-state index is -0.759. The number of benzene rings is 2. The summed E-state index contributed by atoms with van der Waals surface area (Å²) >= 11 is 1.29. The van der Waals surface area contributed by atoms with E-state index in [-0.39, 0.29) is 17.7 Å². The summed E-state index contributed by atoms with van der Waals surface area (Å²) in [5.74, 6) is 0.467. The highest BCUT2D eigenvalue weighted by molar-refractivity contribution is 7.07. The number of fused-ring (bicyclic) bond motifs is 1. The van der Waals surface area contributed by atoms with E-state index in [4.69, 9.17) is 14.2 Å². The molecule has 0 bridgehead atoms. The van der Waals surface area contributed by atoms with Crippen molar-refractivity contribution in [1.82, 2.24) is 4.57 Å². The Morgan fingerprint density at radius 1 is 1.10 bits per heavy atom. The van der Waals surface area contributed by atoms with Crippen molar-refractivity contribution in [1.29, 1.82) is 0 Å². The molecule has 1 aromatic heterocycles. The van der Waals surface area contributed by atoms with Crippen LogP contribution in [0.2, 0.25) is 0 Å². The smallest absolute Gasteiger partial charge is 0.338 e. The van der Waals surface area contributed by atoms with Crippen LogP contribution in [0.15, 0.2) is 76.2 Å². The molecule has 0 spiro atoms. The Bertz CT molecular complexity index is 1580. The van der Waals surface area contributed by atoms with Crippen molar-refractivity contribution < 1.29 is 19.0 Å². The van der Waals surface area contributed by atoms with Crippen molar-refractivity contribution in [3.05, 3.63) is 97.2 Å². The zero-order valence-electron chi connectivity index (χ0n) is 22.9. The Balaban J connectivity index is 1.88. The molecule has 3 aromatic rings. The first-order valence-corrected chi connectivity index (χ1v) is 13.6. The van der Waals surface area contributed by atoms with Gasteiger partial charge in [0.15, 0.2) is 16.3 Å². The van der Waals surface area contributed by atoms with E-state index in [1.165, 1.54) is 17.4 Å². The molecule has 39 heavy (non-hydrogen) atoms. The van der Waals surface area contributed by atoms with E-state index >= 15 is 0 Å². The first kappa shape index (κ1) is 27.9. The van der Waals surface area contributed by atoms with E-state index in [2.05, 4.69) is 42.5 Å². The van der Waals surface area contributed by atoms with E-state index in [0.29, 0.717) is 32.1 Å². The average Bonchev–Trinajstić information content (AvgIpc) is 3.25. The minimum absolute atomic E-state index is 0.0438. The molecule has 4 rings (SSSR count). The fourth-order valence-corrected chi connectivity index (χ4v) is 5.70. The normalized spacial score (nSPS) is 14.9. The van der Waals surface area contributed by atoms with Crippen LogP contribution >= 0.6 is 11.3 Å². The number of hydrogen-bond acceptors (Lipinski definition) is 8. The number of methoxy groups -OCH3 is 2. The highest BCUT2D eigenvalue weighted by atomic mass is 32.1. The Morgan fingerprint density at radius 3 is 2.41 bits per heavy atom. The second-order valence-corrected chi connectivity index (χ2v) is 9.86. The Morgan fingerprint density at radius 2 is 1.79 bits per heavy atom. The molecular formula is C30H33N3O5S. The molecule has 0 aliphatic carbocycles. The molecule has 0 saturated heterocycles. The monoisotopic (exact) mass is 547 g/mol. The third kappa shape index (κ3) is 5.54. The SMILES string of the molecule is C=CCOC(=O)C1=C(C)N=c2sc(=Cc3ccc(N(CC)CC)cc3)c(=O)n2C1c1ccc(OC)c(OC)c1. The lowest BCUT2D eigenvalue weighted by molar-refractivity contribution is -0.138. The molecule has 0 N–H and O–H groups in total. The lowest BCUT2D eigenvalue weighted by Crippen LogP contribution is -2.40. The molecule has 1 aliphatic rings. The molecular weight excluding hydrogens is 514 g/mol. The standard InChI is InChI=1S/C30H33N3O5S/c1-7-16-38-29(35)26-19(4)31-30-33(27(26)21-12-15-23(36-5)24(18-21)37-6)28(34)25(39-30)17-20-10-13-22(14-11-20)32(8-2)9-3/h7,10-15,17-18,27H,1,8-9,16H2,2-6H3. The Labute approximate surface area is 231 Å². The summed E-state index contributed by atoms with van der Waals surface area (Å²) in [5, 5.41) is 0. The molecule has 1 unspecified atom stereocenters. The molecule has 9 heteroatoms. The topological polar surface area (TPSA) is 82.4 Å². The largest absolute Gasteiger partial charge is 0.493 e. The Hall–Kier alpha value is -4.11. The number of nitrogens with zero attached hydrogens (tertiary/aromatic N) is 3. The number of allylic oxidation sites excluding steroid dienone is 1. The van der Waals surface area contributed by atoms with Crippen molar-refractivity contribution in [3.8, 4) is 11.5 Å². The van der Waals surface area contributed by atoms with Crippen LogP contribution in [0.3, 0.4) is 0 Å². The summed E-state index contributed by atoms with van der Waals surface area (Å²) in [6, 6.07) is 12.7. The van der Waals surface area contributed by atoms with Gasteiger partial charge in [0.25, 0.3) is 5.56 Å². The third-order valence-corrected chi connectivity index (χ3v) is 7.60. The van der Waals surface area contributed by atoms with Crippen molar-refractivity contribution in [2.75, 3.05) is 38.8 Å². The fraction of sp³-hybridized carbons (Fsp3) is 0.300. The van der Waals surface area contributed by atoms with Gasteiger partial charge in [-0.05, 0) is 62.2 Å². The quantitative estimate of drug-likeness (QED) is 0.284. The van der Waals surface area contributed by atoms with E-state index in [1.807, 2.05) is 24.3 Å².